The summed E-state index contributed by atoms with van der Waals surface area (Å²) in [5, 5.41) is 3.36. The van der Waals surface area contributed by atoms with Gasteiger partial charge in [0.05, 0.1) is 18.0 Å². The number of rotatable bonds is 5. The van der Waals surface area contributed by atoms with E-state index in [1.807, 2.05) is 12.1 Å². The molecule has 1 heterocycles. The molecule has 2 unspecified atom stereocenters. The molecule has 0 radical (unpaired) electrons. The molecule has 2 aliphatic rings. The van der Waals surface area contributed by atoms with Crippen LogP contribution in [0.2, 0.25) is 0 Å². The van der Waals surface area contributed by atoms with Gasteiger partial charge in [0, 0.05) is 29.0 Å². The van der Waals surface area contributed by atoms with Gasteiger partial charge in [0.25, 0.3) is 16.0 Å². The Kier molecular flexibility index (Phi) is 4.98. The predicted octanol–water partition coefficient (Wildman–Crippen LogP) is 1.35. The fourth-order valence-electron chi connectivity index (χ4n) is 3.19. The van der Waals surface area contributed by atoms with Gasteiger partial charge in [0.2, 0.25) is 0 Å². The van der Waals surface area contributed by atoms with E-state index in [9.17, 15) is 17.4 Å². The second-order valence-electron chi connectivity index (χ2n) is 6.63. The Labute approximate surface area is 156 Å². The third-order valence-corrected chi connectivity index (χ3v) is 5.97. The third-order valence-electron chi connectivity index (χ3n) is 4.49. The van der Waals surface area contributed by atoms with Gasteiger partial charge in [-0.2, -0.15) is 8.42 Å². The molecule has 1 aliphatic carbocycles. The first-order chi connectivity index (χ1) is 12.1. The molecule has 3 rings (SSSR count). The zero-order chi connectivity index (χ0) is 19.2. The lowest BCUT2D eigenvalue weighted by molar-refractivity contribution is -0.151. The highest BCUT2D eigenvalue weighted by molar-refractivity contribution is 7.86. The molecule has 1 saturated carbocycles. The van der Waals surface area contributed by atoms with E-state index in [1.54, 1.807) is 42.4 Å². The highest BCUT2D eigenvalue weighted by Crippen LogP contribution is 2.38. The van der Waals surface area contributed by atoms with Crippen LogP contribution in [0.15, 0.2) is 34.7 Å². The van der Waals surface area contributed by atoms with E-state index in [0.29, 0.717) is 10.5 Å². The first-order valence-corrected chi connectivity index (χ1v) is 11.6. The molecule has 7 nitrogen and oxygen atoms in total. The summed E-state index contributed by atoms with van der Waals surface area (Å²) in [6, 6.07) is 7.24. The molecule has 0 saturated heterocycles. The van der Waals surface area contributed by atoms with Crippen LogP contribution in [0, 0.1) is 0 Å². The van der Waals surface area contributed by atoms with E-state index in [0.717, 1.165) is 30.4 Å². The van der Waals surface area contributed by atoms with Gasteiger partial charge in [-0.15, -0.1) is 0 Å². The van der Waals surface area contributed by atoms with Crippen LogP contribution in [0.25, 0.3) is 5.70 Å². The number of nitrogens with zero attached hydrogens (tertiary/aromatic N) is 2. The van der Waals surface area contributed by atoms with Crippen LogP contribution < -0.4 is 0 Å². The standard InChI is InChI=1S/C17H22N2O5S2/c1-11-15(12-5-9-14(10-6-12)25(3)21)18(2)19(13-7-8-13)17(20)16(11)24-26(4,22)23/h5-6,9-10,13,16H,7-8H2,1-4H3. The molecule has 0 spiro atoms. The molecule has 1 aliphatic heterocycles. The second-order valence-corrected chi connectivity index (χ2v) is 9.61. The lowest BCUT2D eigenvalue weighted by Gasteiger charge is -2.42. The van der Waals surface area contributed by atoms with Gasteiger partial charge in [-0.05, 0) is 43.0 Å². The third kappa shape index (κ3) is 3.70. The van der Waals surface area contributed by atoms with Crippen LogP contribution in [0.3, 0.4) is 0 Å². The number of hydrogen-bond donors (Lipinski definition) is 0. The van der Waals surface area contributed by atoms with Crippen molar-refractivity contribution in [3.8, 4) is 0 Å². The maximum Gasteiger partial charge on any atom is 0.276 e. The molecule has 2 atom stereocenters. The van der Waals surface area contributed by atoms with Crippen molar-refractivity contribution >= 4 is 32.5 Å². The first-order valence-electron chi connectivity index (χ1n) is 8.19. The Hall–Kier alpha value is -1.71. The first kappa shape index (κ1) is 19.1. The number of benzene rings is 1. The number of hydrazine groups is 1. The Balaban J connectivity index is 2.09. The summed E-state index contributed by atoms with van der Waals surface area (Å²) in [5.74, 6) is -0.368. The van der Waals surface area contributed by atoms with Crippen molar-refractivity contribution in [3.05, 3.63) is 35.4 Å². The minimum absolute atomic E-state index is 0.0590. The largest absolute Gasteiger partial charge is 0.285 e. The highest BCUT2D eigenvalue weighted by Gasteiger charge is 2.45. The number of hydrogen-bond acceptors (Lipinski definition) is 6. The summed E-state index contributed by atoms with van der Waals surface area (Å²) in [5.41, 5.74) is 2.06. The van der Waals surface area contributed by atoms with E-state index in [4.69, 9.17) is 4.18 Å². The Bertz CT molecular complexity index is 888. The van der Waals surface area contributed by atoms with Crippen molar-refractivity contribution in [2.75, 3.05) is 19.6 Å². The topological polar surface area (TPSA) is 84.0 Å². The number of carbonyl (C=O) groups excluding carboxylic acids is 1. The quantitative estimate of drug-likeness (QED) is 0.696. The Morgan fingerprint density at radius 2 is 1.77 bits per heavy atom. The van der Waals surface area contributed by atoms with Gasteiger partial charge in [-0.25, -0.2) is 5.01 Å². The molecule has 0 N–H and O–H groups in total. The molecular formula is C17H22N2O5S2. The Morgan fingerprint density at radius 3 is 2.23 bits per heavy atom. The van der Waals surface area contributed by atoms with Crippen molar-refractivity contribution in [3.63, 3.8) is 0 Å². The van der Waals surface area contributed by atoms with E-state index in [2.05, 4.69) is 0 Å². The summed E-state index contributed by atoms with van der Waals surface area (Å²) in [6.45, 7) is 1.70. The fraction of sp³-hybridized carbons (Fsp3) is 0.471. The molecule has 0 bridgehead atoms. The predicted molar refractivity (Wildman–Crippen MR) is 98.7 cm³/mol. The van der Waals surface area contributed by atoms with Gasteiger partial charge in [0.1, 0.15) is 0 Å². The maximum atomic E-state index is 12.8. The van der Waals surface area contributed by atoms with Crippen molar-refractivity contribution in [1.29, 1.82) is 0 Å². The van der Waals surface area contributed by atoms with Crippen LogP contribution >= 0.6 is 0 Å². The Morgan fingerprint density at radius 1 is 1.19 bits per heavy atom. The van der Waals surface area contributed by atoms with Gasteiger partial charge in [-0.1, -0.05) is 12.1 Å². The molecule has 142 valence electrons. The van der Waals surface area contributed by atoms with Crippen LogP contribution in [0.1, 0.15) is 25.3 Å². The van der Waals surface area contributed by atoms with Crippen molar-refractivity contribution in [1.82, 2.24) is 10.0 Å². The fourth-order valence-corrected chi connectivity index (χ4v) is 4.29. The van der Waals surface area contributed by atoms with Gasteiger partial charge < -0.3 is 0 Å². The summed E-state index contributed by atoms with van der Waals surface area (Å²) in [7, 11) is -3.10. The molecular weight excluding hydrogens is 376 g/mol. The zero-order valence-electron chi connectivity index (χ0n) is 15.1. The number of amides is 1. The number of carbonyl (C=O) groups is 1. The molecule has 0 aromatic heterocycles. The molecule has 1 amide bonds. The molecule has 26 heavy (non-hydrogen) atoms. The molecule has 9 heteroatoms. The lowest BCUT2D eigenvalue weighted by atomic mass is 10.00. The smallest absolute Gasteiger partial charge is 0.276 e. The molecule has 1 aromatic carbocycles. The van der Waals surface area contributed by atoms with E-state index >= 15 is 0 Å². The van der Waals surface area contributed by atoms with Crippen molar-refractivity contribution < 1.29 is 21.6 Å². The van der Waals surface area contributed by atoms with Crippen LogP contribution in [-0.4, -0.2) is 60.3 Å². The minimum Gasteiger partial charge on any atom is -0.285 e. The van der Waals surface area contributed by atoms with Crippen LogP contribution in [0.4, 0.5) is 0 Å². The van der Waals surface area contributed by atoms with Gasteiger partial charge >= 0.3 is 0 Å². The highest BCUT2D eigenvalue weighted by atomic mass is 32.2. The van der Waals surface area contributed by atoms with Crippen LogP contribution in [-0.2, 0) is 29.9 Å². The van der Waals surface area contributed by atoms with Crippen LogP contribution in [0.5, 0.6) is 0 Å². The zero-order valence-corrected chi connectivity index (χ0v) is 16.8. The monoisotopic (exact) mass is 398 g/mol. The second kappa shape index (κ2) is 6.79. The van der Waals surface area contributed by atoms with Crippen molar-refractivity contribution in [2.45, 2.75) is 36.8 Å². The minimum atomic E-state index is -3.80. The molecule has 1 aromatic rings. The summed E-state index contributed by atoms with van der Waals surface area (Å²) in [6.07, 6.45) is 3.13. The normalized spacial score (nSPS) is 22.8. The molecule has 1 fully saturated rings. The van der Waals surface area contributed by atoms with E-state index in [1.165, 1.54) is 0 Å². The lowest BCUT2D eigenvalue weighted by Crippen LogP contribution is -2.54. The van der Waals surface area contributed by atoms with E-state index in [-0.39, 0.29) is 11.9 Å². The average Bonchev–Trinajstić information content (AvgIpc) is 3.36. The average molecular weight is 399 g/mol. The van der Waals surface area contributed by atoms with Gasteiger partial charge in [-0.3, -0.25) is 18.2 Å². The summed E-state index contributed by atoms with van der Waals surface area (Å²) in [4.78, 5) is 13.5. The summed E-state index contributed by atoms with van der Waals surface area (Å²) >= 11 is 0. The SMILES string of the molecule is CC1=C(c2ccc(S(C)=O)cc2)N(C)N(C2CC2)C(=O)C1OS(C)(=O)=O. The summed E-state index contributed by atoms with van der Waals surface area (Å²) < 4.78 is 40.1. The van der Waals surface area contributed by atoms with E-state index < -0.39 is 27.0 Å². The van der Waals surface area contributed by atoms with Crippen molar-refractivity contribution in [2.24, 2.45) is 0 Å². The van der Waals surface area contributed by atoms with Gasteiger partial charge in [0.15, 0.2) is 6.10 Å². The maximum absolute atomic E-state index is 12.8.